The Hall–Kier alpha value is -3.02. The predicted molar refractivity (Wildman–Crippen MR) is 140 cm³/mol. The van der Waals surface area contributed by atoms with Crippen LogP contribution in [0.25, 0.3) is 0 Å². The summed E-state index contributed by atoms with van der Waals surface area (Å²) in [5.41, 5.74) is 4.17. The van der Waals surface area contributed by atoms with Gasteiger partial charge in [0.25, 0.3) is 0 Å². The number of carbonyl (C=O) groups is 1. The number of ether oxygens (including phenoxy) is 1. The lowest BCUT2D eigenvalue weighted by Gasteiger charge is -2.34. The lowest BCUT2D eigenvalue weighted by molar-refractivity contribution is -0.115. The third-order valence-electron chi connectivity index (χ3n) is 6.32. The van der Waals surface area contributed by atoms with Crippen molar-refractivity contribution >= 4 is 28.9 Å². The lowest BCUT2D eigenvalue weighted by atomic mass is 10.0. The Morgan fingerprint density at radius 3 is 2.38 bits per heavy atom. The number of halogens is 1. The Kier molecular flexibility index (Phi) is 8.45. The standard InChI is InChI=1S/C28H32ClN3O2/c1-34-26-12-6-21(7-13-26)20-28(33)31-24-8-10-25(11-9-24)32-18-15-23(16-19-32)30-17-14-22-4-2-3-5-27(22)29/h2-13,23,30H,14-20H2,1H3,(H,31,33). The zero-order chi connectivity index (χ0) is 23.8. The van der Waals surface area contributed by atoms with Crippen LogP contribution in [0.4, 0.5) is 11.4 Å². The van der Waals surface area contributed by atoms with Gasteiger partial charge in [-0.2, -0.15) is 0 Å². The Labute approximate surface area is 207 Å². The zero-order valence-corrected chi connectivity index (χ0v) is 20.4. The van der Waals surface area contributed by atoms with Gasteiger partial charge in [0.2, 0.25) is 5.91 Å². The van der Waals surface area contributed by atoms with Gasteiger partial charge in [0.15, 0.2) is 0 Å². The molecule has 4 rings (SSSR count). The minimum absolute atomic E-state index is 0.0263. The van der Waals surface area contributed by atoms with E-state index in [1.807, 2.05) is 54.6 Å². The second-order valence-corrected chi connectivity index (χ2v) is 9.08. The molecule has 1 aliphatic heterocycles. The topological polar surface area (TPSA) is 53.6 Å². The van der Waals surface area contributed by atoms with Crippen molar-refractivity contribution in [1.29, 1.82) is 0 Å². The maximum absolute atomic E-state index is 12.4. The molecule has 178 valence electrons. The van der Waals surface area contributed by atoms with Gasteiger partial charge in [0.05, 0.1) is 13.5 Å². The van der Waals surface area contributed by atoms with Gasteiger partial charge in [-0.1, -0.05) is 41.9 Å². The van der Waals surface area contributed by atoms with E-state index in [0.29, 0.717) is 12.5 Å². The van der Waals surface area contributed by atoms with Gasteiger partial charge < -0.3 is 20.3 Å². The van der Waals surface area contributed by atoms with E-state index in [-0.39, 0.29) is 5.91 Å². The molecule has 6 heteroatoms. The number of amides is 1. The summed E-state index contributed by atoms with van der Waals surface area (Å²) in [6, 6.07) is 24.3. The van der Waals surface area contributed by atoms with E-state index in [1.54, 1.807) is 7.11 Å². The number of nitrogens with zero attached hydrogens (tertiary/aromatic N) is 1. The van der Waals surface area contributed by atoms with Gasteiger partial charge in [-0.3, -0.25) is 4.79 Å². The molecule has 3 aromatic carbocycles. The molecule has 5 nitrogen and oxygen atoms in total. The Balaban J connectivity index is 1.19. The SMILES string of the molecule is COc1ccc(CC(=O)Nc2ccc(N3CCC(NCCc4ccccc4Cl)CC3)cc2)cc1. The molecular formula is C28H32ClN3O2. The first-order valence-electron chi connectivity index (χ1n) is 11.9. The van der Waals surface area contributed by atoms with Gasteiger partial charge in [-0.05, 0) is 79.4 Å². The molecule has 0 radical (unpaired) electrons. The monoisotopic (exact) mass is 477 g/mol. The number of carbonyl (C=O) groups excluding carboxylic acids is 1. The molecule has 1 saturated heterocycles. The van der Waals surface area contributed by atoms with Crippen LogP contribution in [0.15, 0.2) is 72.8 Å². The van der Waals surface area contributed by atoms with Crippen molar-refractivity contribution in [1.82, 2.24) is 5.32 Å². The smallest absolute Gasteiger partial charge is 0.228 e. The summed E-state index contributed by atoms with van der Waals surface area (Å²) in [4.78, 5) is 14.8. The quantitative estimate of drug-likeness (QED) is 0.437. The molecule has 0 saturated carbocycles. The molecule has 1 aliphatic rings. The average Bonchev–Trinajstić information content (AvgIpc) is 2.86. The van der Waals surface area contributed by atoms with Gasteiger partial charge in [0.1, 0.15) is 5.75 Å². The number of hydrogen-bond donors (Lipinski definition) is 2. The van der Waals surface area contributed by atoms with Crippen LogP contribution in [0.1, 0.15) is 24.0 Å². The third-order valence-corrected chi connectivity index (χ3v) is 6.69. The number of piperidine rings is 1. The summed E-state index contributed by atoms with van der Waals surface area (Å²) in [5.74, 6) is 0.762. The minimum atomic E-state index is -0.0263. The fourth-order valence-corrected chi connectivity index (χ4v) is 4.57. The van der Waals surface area contributed by atoms with E-state index in [1.165, 1.54) is 11.3 Å². The van der Waals surface area contributed by atoms with Crippen molar-refractivity contribution in [3.8, 4) is 5.75 Å². The van der Waals surface area contributed by atoms with Gasteiger partial charge in [-0.25, -0.2) is 0 Å². The van der Waals surface area contributed by atoms with Crippen molar-refractivity contribution < 1.29 is 9.53 Å². The highest BCUT2D eigenvalue weighted by atomic mass is 35.5. The first-order valence-corrected chi connectivity index (χ1v) is 12.2. The maximum atomic E-state index is 12.4. The first kappa shape index (κ1) is 24.1. The van der Waals surface area contributed by atoms with Crippen LogP contribution in [0.2, 0.25) is 5.02 Å². The van der Waals surface area contributed by atoms with Crippen LogP contribution >= 0.6 is 11.6 Å². The van der Waals surface area contributed by atoms with E-state index in [9.17, 15) is 4.79 Å². The van der Waals surface area contributed by atoms with Crippen LogP contribution in [0.3, 0.4) is 0 Å². The van der Waals surface area contributed by atoms with E-state index in [2.05, 4.69) is 33.7 Å². The Bertz CT molecular complexity index is 1060. The summed E-state index contributed by atoms with van der Waals surface area (Å²) >= 11 is 6.26. The molecule has 0 unspecified atom stereocenters. The fraction of sp³-hybridized carbons (Fsp3) is 0.321. The van der Waals surface area contributed by atoms with Crippen molar-refractivity contribution in [2.45, 2.75) is 31.7 Å². The second kappa shape index (κ2) is 11.9. The molecule has 0 spiro atoms. The van der Waals surface area contributed by atoms with Crippen LogP contribution in [-0.4, -0.2) is 38.7 Å². The van der Waals surface area contributed by atoms with E-state index < -0.39 is 0 Å². The van der Waals surface area contributed by atoms with Crippen LogP contribution in [0, 0.1) is 0 Å². The molecule has 2 N–H and O–H groups in total. The largest absolute Gasteiger partial charge is 0.497 e. The molecule has 0 atom stereocenters. The highest BCUT2D eigenvalue weighted by Gasteiger charge is 2.19. The van der Waals surface area contributed by atoms with E-state index >= 15 is 0 Å². The molecule has 0 aromatic heterocycles. The molecule has 1 fully saturated rings. The van der Waals surface area contributed by atoms with Crippen molar-refractivity contribution in [2.24, 2.45) is 0 Å². The number of rotatable bonds is 9. The van der Waals surface area contributed by atoms with Crippen molar-refractivity contribution in [3.63, 3.8) is 0 Å². The van der Waals surface area contributed by atoms with Crippen molar-refractivity contribution in [3.05, 3.63) is 88.9 Å². The highest BCUT2D eigenvalue weighted by Crippen LogP contribution is 2.23. The van der Waals surface area contributed by atoms with Crippen molar-refractivity contribution in [2.75, 3.05) is 37.0 Å². The van der Waals surface area contributed by atoms with Crippen LogP contribution in [0.5, 0.6) is 5.75 Å². The highest BCUT2D eigenvalue weighted by molar-refractivity contribution is 6.31. The zero-order valence-electron chi connectivity index (χ0n) is 19.6. The van der Waals surface area contributed by atoms with E-state index in [4.69, 9.17) is 16.3 Å². The summed E-state index contributed by atoms with van der Waals surface area (Å²) in [6.07, 6.45) is 3.51. The first-order chi connectivity index (χ1) is 16.6. The number of benzene rings is 3. The molecule has 1 amide bonds. The Morgan fingerprint density at radius 1 is 1.00 bits per heavy atom. The molecule has 3 aromatic rings. The normalized spacial score (nSPS) is 14.1. The van der Waals surface area contributed by atoms with Gasteiger partial charge in [0, 0.05) is 35.5 Å². The molecule has 0 aliphatic carbocycles. The molecular weight excluding hydrogens is 446 g/mol. The molecule has 34 heavy (non-hydrogen) atoms. The predicted octanol–water partition coefficient (Wildman–Crippen LogP) is 5.33. The summed E-state index contributed by atoms with van der Waals surface area (Å²) in [5, 5.41) is 7.52. The Morgan fingerprint density at radius 2 is 1.71 bits per heavy atom. The summed E-state index contributed by atoms with van der Waals surface area (Å²) in [7, 11) is 1.63. The number of nitrogens with one attached hydrogen (secondary N) is 2. The minimum Gasteiger partial charge on any atom is -0.497 e. The van der Waals surface area contributed by atoms with Crippen LogP contribution < -0.4 is 20.3 Å². The average molecular weight is 478 g/mol. The number of anilines is 2. The summed E-state index contributed by atoms with van der Waals surface area (Å²) in [6.45, 7) is 2.99. The van der Waals surface area contributed by atoms with Gasteiger partial charge >= 0.3 is 0 Å². The summed E-state index contributed by atoms with van der Waals surface area (Å²) < 4.78 is 5.16. The second-order valence-electron chi connectivity index (χ2n) is 8.68. The number of hydrogen-bond acceptors (Lipinski definition) is 4. The van der Waals surface area contributed by atoms with Gasteiger partial charge in [-0.15, -0.1) is 0 Å². The molecule has 1 heterocycles. The van der Waals surface area contributed by atoms with Crippen LogP contribution in [-0.2, 0) is 17.6 Å². The lowest BCUT2D eigenvalue weighted by Crippen LogP contribution is -2.43. The van der Waals surface area contributed by atoms with E-state index in [0.717, 1.165) is 60.9 Å². The fourth-order valence-electron chi connectivity index (χ4n) is 4.34. The molecule has 0 bridgehead atoms. The maximum Gasteiger partial charge on any atom is 0.228 e. The number of methoxy groups -OCH3 is 1. The third kappa shape index (κ3) is 6.75.